The van der Waals surface area contributed by atoms with Crippen molar-refractivity contribution in [2.45, 2.75) is 32.8 Å². The second-order valence-corrected chi connectivity index (χ2v) is 7.39. The van der Waals surface area contributed by atoms with E-state index in [0.29, 0.717) is 11.7 Å². The van der Waals surface area contributed by atoms with Crippen molar-refractivity contribution in [3.8, 4) is 0 Å². The molecule has 0 saturated carbocycles. The number of aryl methyl sites for hydroxylation is 2. The number of anilines is 2. The predicted molar refractivity (Wildman–Crippen MR) is 102 cm³/mol. The minimum Gasteiger partial charge on any atom is -0.368 e. The van der Waals surface area contributed by atoms with Crippen LogP contribution in [0.5, 0.6) is 0 Å². The number of thiazole rings is 1. The number of ether oxygens (including phenoxy) is 1. The molecule has 4 rings (SSSR count). The topological polar surface area (TPSA) is 42.4 Å². The SMILES string of the molecule is Cc1cccc(C)c1N(C(=O)[C@@H]1CCCO1)c1nc2ccccc2s1. The quantitative estimate of drug-likeness (QED) is 0.683. The van der Waals surface area contributed by atoms with Crippen LogP contribution in [0.2, 0.25) is 0 Å². The van der Waals surface area contributed by atoms with E-state index < -0.39 is 0 Å². The van der Waals surface area contributed by atoms with Crippen LogP contribution in [0.15, 0.2) is 42.5 Å². The van der Waals surface area contributed by atoms with Crippen LogP contribution in [-0.4, -0.2) is 23.6 Å². The van der Waals surface area contributed by atoms with E-state index in [2.05, 4.69) is 0 Å². The minimum absolute atomic E-state index is 0.0195. The minimum atomic E-state index is -0.383. The Kier molecular flexibility index (Phi) is 4.27. The molecule has 0 N–H and O–H groups in total. The standard InChI is InChI=1S/C20H20N2O2S/c1-13-7-5-8-14(2)18(13)22(19(23)16-10-6-12-24-16)20-21-15-9-3-4-11-17(15)25-20/h3-5,7-9,11,16H,6,10,12H2,1-2H3/t16-/m0/s1. The number of carbonyl (C=O) groups excluding carboxylic acids is 1. The molecule has 1 aliphatic heterocycles. The van der Waals surface area contributed by atoms with Gasteiger partial charge in [-0.3, -0.25) is 9.69 Å². The molecule has 0 aliphatic carbocycles. The number of nitrogens with zero attached hydrogens (tertiary/aromatic N) is 2. The third-order valence-electron chi connectivity index (χ3n) is 4.56. The van der Waals surface area contributed by atoms with Crippen molar-refractivity contribution < 1.29 is 9.53 Å². The summed E-state index contributed by atoms with van der Waals surface area (Å²) in [6.07, 6.45) is 1.31. The molecule has 1 saturated heterocycles. The number of hydrogen-bond acceptors (Lipinski definition) is 4. The van der Waals surface area contributed by atoms with Crippen molar-refractivity contribution >= 4 is 38.3 Å². The Morgan fingerprint density at radius 3 is 2.60 bits per heavy atom. The lowest BCUT2D eigenvalue weighted by Crippen LogP contribution is -2.36. The zero-order valence-electron chi connectivity index (χ0n) is 14.4. The second kappa shape index (κ2) is 6.58. The summed E-state index contributed by atoms with van der Waals surface area (Å²) in [6.45, 7) is 4.72. The van der Waals surface area contributed by atoms with Crippen LogP contribution < -0.4 is 4.90 Å². The van der Waals surface area contributed by atoms with Gasteiger partial charge in [-0.1, -0.05) is 41.7 Å². The van der Waals surface area contributed by atoms with Crippen molar-refractivity contribution in [1.29, 1.82) is 0 Å². The van der Waals surface area contributed by atoms with E-state index in [1.807, 2.05) is 56.3 Å². The maximum Gasteiger partial charge on any atom is 0.262 e. The summed E-state index contributed by atoms with van der Waals surface area (Å²) in [4.78, 5) is 19.8. The summed E-state index contributed by atoms with van der Waals surface area (Å²) >= 11 is 1.54. The van der Waals surface area contributed by atoms with Gasteiger partial charge in [0.05, 0.1) is 15.9 Å². The molecule has 1 atom stereocenters. The first-order chi connectivity index (χ1) is 12.1. The molecule has 1 aromatic heterocycles. The molecule has 0 spiro atoms. The summed E-state index contributed by atoms with van der Waals surface area (Å²) in [5, 5.41) is 0.708. The highest BCUT2D eigenvalue weighted by Gasteiger charge is 2.33. The molecule has 0 radical (unpaired) electrons. The van der Waals surface area contributed by atoms with Crippen molar-refractivity contribution in [3.05, 3.63) is 53.6 Å². The van der Waals surface area contributed by atoms with Gasteiger partial charge < -0.3 is 4.74 Å². The van der Waals surface area contributed by atoms with Crippen molar-refractivity contribution in [2.75, 3.05) is 11.5 Å². The molecule has 2 heterocycles. The molecule has 0 unspecified atom stereocenters. The molecule has 25 heavy (non-hydrogen) atoms. The van der Waals surface area contributed by atoms with Crippen LogP contribution in [-0.2, 0) is 9.53 Å². The maximum atomic E-state index is 13.3. The Morgan fingerprint density at radius 2 is 1.92 bits per heavy atom. The van der Waals surface area contributed by atoms with Gasteiger partial charge in [0.25, 0.3) is 5.91 Å². The van der Waals surface area contributed by atoms with Gasteiger partial charge in [0, 0.05) is 6.61 Å². The normalized spacial score (nSPS) is 17.1. The molecular formula is C20H20N2O2S. The largest absolute Gasteiger partial charge is 0.368 e. The maximum absolute atomic E-state index is 13.3. The summed E-state index contributed by atoms with van der Waals surface area (Å²) < 4.78 is 6.76. The molecule has 0 bridgehead atoms. The summed E-state index contributed by atoms with van der Waals surface area (Å²) in [7, 11) is 0. The molecule has 2 aromatic carbocycles. The number of fused-ring (bicyclic) bond motifs is 1. The van der Waals surface area contributed by atoms with Crippen molar-refractivity contribution in [1.82, 2.24) is 4.98 Å². The first-order valence-corrected chi connectivity index (χ1v) is 9.34. The molecule has 1 amide bonds. The van der Waals surface area contributed by atoms with Crippen LogP contribution in [0, 0.1) is 13.8 Å². The lowest BCUT2D eigenvalue weighted by molar-refractivity contribution is -0.126. The van der Waals surface area contributed by atoms with Gasteiger partial charge in [-0.15, -0.1) is 0 Å². The highest BCUT2D eigenvalue weighted by molar-refractivity contribution is 7.22. The van der Waals surface area contributed by atoms with E-state index >= 15 is 0 Å². The predicted octanol–water partition coefficient (Wildman–Crippen LogP) is 4.76. The lowest BCUT2D eigenvalue weighted by Gasteiger charge is -2.26. The summed E-state index contributed by atoms with van der Waals surface area (Å²) in [5.41, 5.74) is 3.96. The Morgan fingerprint density at radius 1 is 1.16 bits per heavy atom. The first kappa shape index (κ1) is 16.2. The van der Waals surface area contributed by atoms with Crippen LogP contribution in [0.4, 0.5) is 10.8 Å². The molecular weight excluding hydrogens is 332 g/mol. The number of benzene rings is 2. The van der Waals surface area contributed by atoms with E-state index in [1.54, 1.807) is 16.2 Å². The summed E-state index contributed by atoms with van der Waals surface area (Å²) in [5.74, 6) is -0.0195. The van der Waals surface area contributed by atoms with E-state index in [4.69, 9.17) is 9.72 Å². The fourth-order valence-electron chi connectivity index (χ4n) is 3.33. The van der Waals surface area contributed by atoms with E-state index in [9.17, 15) is 4.79 Å². The highest BCUT2D eigenvalue weighted by Crippen LogP contribution is 2.38. The van der Waals surface area contributed by atoms with Gasteiger partial charge in [0.1, 0.15) is 6.10 Å². The zero-order chi connectivity index (χ0) is 17.4. The average molecular weight is 352 g/mol. The van der Waals surface area contributed by atoms with Gasteiger partial charge >= 0.3 is 0 Å². The molecule has 4 nitrogen and oxygen atoms in total. The van der Waals surface area contributed by atoms with Crippen molar-refractivity contribution in [2.24, 2.45) is 0 Å². The molecule has 128 valence electrons. The highest BCUT2D eigenvalue weighted by atomic mass is 32.1. The van der Waals surface area contributed by atoms with Gasteiger partial charge in [0.2, 0.25) is 0 Å². The monoisotopic (exact) mass is 352 g/mol. The number of hydrogen-bond donors (Lipinski definition) is 0. The molecule has 5 heteroatoms. The van der Waals surface area contributed by atoms with Crippen LogP contribution in [0.3, 0.4) is 0 Å². The van der Waals surface area contributed by atoms with Gasteiger partial charge in [-0.2, -0.15) is 0 Å². The Labute approximate surface area is 151 Å². The van der Waals surface area contributed by atoms with E-state index in [1.165, 1.54) is 0 Å². The molecule has 1 aliphatic rings. The summed E-state index contributed by atoms with van der Waals surface area (Å²) in [6, 6.07) is 14.1. The Balaban J connectivity index is 1.87. The van der Waals surface area contributed by atoms with Gasteiger partial charge in [-0.05, 0) is 49.9 Å². The first-order valence-electron chi connectivity index (χ1n) is 8.52. The number of para-hydroxylation sites is 2. The number of rotatable bonds is 3. The third-order valence-corrected chi connectivity index (χ3v) is 5.58. The number of amides is 1. The lowest BCUT2D eigenvalue weighted by atomic mass is 10.1. The van der Waals surface area contributed by atoms with Crippen LogP contribution in [0.1, 0.15) is 24.0 Å². The average Bonchev–Trinajstić information content (AvgIpc) is 3.26. The van der Waals surface area contributed by atoms with Crippen LogP contribution in [0.25, 0.3) is 10.2 Å². The molecule has 3 aromatic rings. The van der Waals surface area contributed by atoms with Crippen molar-refractivity contribution in [3.63, 3.8) is 0 Å². The van der Waals surface area contributed by atoms with Gasteiger partial charge in [-0.25, -0.2) is 4.98 Å². The third kappa shape index (κ3) is 2.94. The van der Waals surface area contributed by atoms with E-state index in [0.717, 1.165) is 39.9 Å². The number of aromatic nitrogens is 1. The van der Waals surface area contributed by atoms with E-state index in [-0.39, 0.29) is 12.0 Å². The fourth-order valence-corrected chi connectivity index (χ4v) is 4.31. The second-order valence-electron chi connectivity index (χ2n) is 6.38. The van der Waals surface area contributed by atoms with Crippen LogP contribution >= 0.6 is 11.3 Å². The fraction of sp³-hybridized carbons (Fsp3) is 0.300. The van der Waals surface area contributed by atoms with Gasteiger partial charge in [0.15, 0.2) is 5.13 Å². The zero-order valence-corrected chi connectivity index (χ0v) is 15.2. The Bertz CT molecular complexity index is 875. The molecule has 1 fully saturated rings. The smallest absolute Gasteiger partial charge is 0.262 e. The Hall–Kier alpha value is -2.24. The number of carbonyl (C=O) groups is 1.